The Bertz CT molecular complexity index is 1160. The molecule has 1 aromatic carbocycles. The molecule has 124 valence electrons. The van der Waals surface area contributed by atoms with Crippen molar-refractivity contribution in [3.8, 4) is 0 Å². The van der Waals surface area contributed by atoms with E-state index < -0.39 is 5.91 Å². The number of nitrogens with zero attached hydrogens (tertiary/aromatic N) is 2. The summed E-state index contributed by atoms with van der Waals surface area (Å²) in [7, 11) is 0. The minimum Gasteiger partial charge on any atom is -0.451 e. The van der Waals surface area contributed by atoms with Crippen molar-refractivity contribution >= 4 is 22.5 Å². The summed E-state index contributed by atoms with van der Waals surface area (Å²) in [6.07, 6.45) is 3.77. The number of aryl methyl sites for hydroxylation is 1. The van der Waals surface area contributed by atoms with Crippen molar-refractivity contribution in [3.63, 3.8) is 0 Å². The van der Waals surface area contributed by atoms with Gasteiger partial charge in [-0.3, -0.25) is 9.59 Å². The van der Waals surface area contributed by atoms with Crippen molar-refractivity contribution < 1.29 is 9.21 Å². The molecular formula is C19H15N3O3. The summed E-state index contributed by atoms with van der Waals surface area (Å²) in [6, 6.07) is 12.0. The van der Waals surface area contributed by atoms with Gasteiger partial charge in [0.15, 0.2) is 11.2 Å². The first-order chi connectivity index (χ1) is 12.1. The quantitative estimate of drug-likeness (QED) is 0.625. The van der Waals surface area contributed by atoms with E-state index in [1.54, 1.807) is 24.3 Å². The number of para-hydroxylation sites is 1. The van der Waals surface area contributed by atoms with Gasteiger partial charge in [0.2, 0.25) is 0 Å². The molecule has 0 unspecified atom stereocenters. The van der Waals surface area contributed by atoms with Gasteiger partial charge in [0, 0.05) is 18.5 Å². The molecule has 0 atom stereocenters. The highest BCUT2D eigenvalue weighted by Crippen LogP contribution is 2.12. The SMILES string of the molecule is Cc1ccn2cc(CNC(=O)c3cc(=O)c4ccccc4o3)nc2c1. The number of imidazole rings is 1. The lowest BCUT2D eigenvalue weighted by atomic mass is 10.2. The van der Waals surface area contributed by atoms with Crippen molar-refractivity contribution in [2.45, 2.75) is 13.5 Å². The second-order valence-corrected chi connectivity index (χ2v) is 5.86. The molecule has 0 saturated heterocycles. The van der Waals surface area contributed by atoms with Crippen LogP contribution in [0, 0.1) is 6.92 Å². The van der Waals surface area contributed by atoms with Crippen molar-refractivity contribution in [2.24, 2.45) is 0 Å². The maximum absolute atomic E-state index is 12.3. The van der Waals surface area contributed by atoms with Crippen molar-refractivity contribution in [2.75, 3.05) is 0 Å². The number of carbonyl (C=O) groups excluding carboxylic acids is 1. The van der Waals surface area contributed by atoms with Crippen LogP contribution in [0.4, 0.5) is 0 Å². The Labute approximate surface area is 142 Å². The molecule has 0 fully saturated rings. The molecule has 4 aromatic rings. The highest BCUT2D eigenvalue weighted by molar-refractivity contribution is 5.93. The summed E-state index contributed by atoms with van der Waals surface area (Å²) < 4.78 is 7.42. The summed E-state index contributed by atoms with van der Waals surface area (Å²) in [5.74, 6) is -0.459. The number of hydrogen-bond donors (Lipinski definition) is 1. The van der Waals surface area contributed by atoms with Crippen LogP contribution < -0.4 is 10.7 Å². The van der Waals surface area contributed by atoms with Crippen LogP contribution in [0.1, 0.15) is 21.8 Å². The lowest BCUT2D eigenvalue weighted by Gasteiger charge is -2.03. The average Bonchev–Trinajstić information content (AvgIpc) is 3.01. The van der Waals surface area contributed by atoms with E-state index >= 15 is 0 Å². The number of benzene rings is 1. The molecule has 0 radical (unpaired) electrons. The third-order valence-corrected chi connectivity index (χ3v) is 3.95. The largest absolute Gasteiger partial charge is 0.451 e. The zero-order valence-corrected chi connectivity index (χ0v) is 13.5. The number of pyridine rings is 1. The maximum atomic E-state index is 12.3. The fourth-order valence-corrected chi connectivity index (χ4v) is 2.70. The fraction of sp³-hybridized carbons (Fsp3) is 0.105. The number of nitrogens with one attached hydrogen (secondary N) is 1. The highest BCUT2D eigenvalue weighted by atomic mass is 16.3. The molecule has 3 aromatic heterocycles. The predicted molar refractivity (Wildman–Crippen MR) is 93.6 cm³/mol. The van der Waals surface area contributed by atoms with E-state index in [1.807, 2.05) is 35.9 Å². The summed E-state index contributed by atoms with van der Waals surface area (Å²) >= 11 is 0. The maximum Gasteiger partial charge on any atom is 0.287 e. The minimum absolute atomic E-state index is 0.0108. The van der Waals surface area contributed by atoms with Gasteiger partial charge >= 0.3 is 0 Å². The van der Waals surface area contributed by atoms with Crippen LogP contribution >= 0.6 is 0 Å². The number of carbonyl (C=O) groups is 1. The van der Waals surface area contributed by atoms with Crippen LogP contribution in [0.2, 0.25) is 0 Å². The Kier molecular flexibility index (Phi) is 3.57. The molecule has 0 aliphatic heterocycles. The number of fused-ring (bicyclic) bond motifs is 2. The minimum atomic E-state index is -0.448. The standard InChI is InChI=1S/C19H15N3O3/c1-12-6-7-22-11-13(21-18(22)8-12)10-20-19(24)17-9-15(23)14-4-2-3-5-16(14)25-17/h2-9,11H,10H2,1H3,(H,20,24). The second kappa shape index (κ2) is 5.90. The fourth-order valence-electron chi connectivity index (χ4n) is 2.70. The van der Waals surface area contributed by atoms with Gasteiger partial charge in [0.1, 0.15) is 11.2 Å². The Morgan fingerprint density at radius 2 is 2.08 bits per heavy atom. The van der Waals surface area contributed by atoms with Crippen LogP contribution in [-0.4, -0.2) is 15.3 Å². The van der Waals surface area contributed by atoms with E-state index in [9.17, 15) is 9.59 Å². The Morgan fingerprint density at radius 1 is 1.24 bits per heavy atom. The third kappa shape index (κ3) is 2.89. The number of amides is 1. The van der Waals surface area contributed by atoms with E-state index in [4.69, 9.17) is 4.42 Å². The van der Waals surface area contributed by atoms with E-state index in [-0.39, 0.29) is 17.7 Å². The molecular weight excluding hydrogens is 318 g/mol. The zero-order valence-electron chi connectivity index (χ0n) is 13.5. The first-order valence-electron chi connectivity index (χ1n) is 7.85. The van der Waals surface area contributed by atoms with Gasteiger partial charge in [-0.2, -0.15) is 0 Å². The van der Waals surface area contributed by atoms with E-state index in [0.717, 1.165) is 16.9 Å². The van der Waals surface area contributed by atoms with Gasteiger partial charge < -0.3 is 14.1 Å². The molecule has 25 heavy (non-hydrogen) atoms. The number of hydrogen-bond acceptors (Lipinski definition) is 4. The summed E-state index contributed by atoms with van der Waals surface area (Å²) in [6.45, 7) is 2.24. The van der Waals surface area contributed by atoms with E-state index in [2.05, 4.69) is 10.3 Å². The van der Waals surface area contributed by atoms with Crippen LogP contribution in [0.3, 0.4) is 0 Å². The Morgan fingerprint density at radius 3 is 2.96 bits per heavy atom. The van der Waals surface area contributed by atoms with Gasteiger partial charge in [-0.15, -0.1) is 0 Å². The van der Waals surface area contributed by atoms with Gasteiger partial charge in [-0.05, 0) is 36.8 Å². The molecule has 4 rings (SSSR count). The molecule has 6 nitrogen and oxygen atoms in total. The predicted octanol–water partition coefficient (Wildman–Crippen LogP) is 2.68. The number of rotatable bonds is 3. The molecule has 1 amide bonds. The Hall–Kier alpha value is -3.41. The van der Waals surface area contributed by atoms with Crippen LogP contribution in [0.15, 0.2) is 64.1 Å². The average molecular weight is 333 g/mol. The lowest BCUT2D eigenvalue weighted by molar-refractivity contribution is 0.0923. The Balaban J connectivity index is 1.56. The first-order valence-corrected chi connectivity index (χ1v) is 7.85. The smallest absolute Gasteiger partial charge is 0.287 e. The van der Waals surface area contributed by atoms with Crippen molar-refractivity contribution in [3.05, 3.63) is 82.1 Å². The summed E-state index contributed by atoms with van der Waals surface area (Å²) in [4.78, 5) is 28.8. The molecule has 0 bridgehead atoms. The first kappa shape index (κ1) is 15.1. The molecule has 0 aliphatic rings. The van der Waals surface area contributed by atoms with Crippen molar-refractivity contribution in [1.29, 1.82) is 0 Å². The zero-order chi connectivity index (χ0) is 17.4. The summed E-state index contributed by atoms with van der Waals surface area (Å²) in [5.41, 5.74) is 2.81. The summed E-state index contributed by atoms with van der Waals surface area (Å²) in [5, 5.41) is 3.19. The van der Waals surface area contributed by atoms with Gasteiger partial charge in [0.25, 0.3) is 5.91 Å². The molecule has 0 aliphatic carbocycles. The monoisotopic (exact) mass is 333 g/mol. The highest BCUT2D eigenvalue weighted by Gasteiger charge is 2.12. The van der Waals surface area contributed by atoms with E-state index in [1.165, 1.54) is 6.07 Å². The van der Waals surface area contributed by atoms with Crippen LogP contribution in [-0.2, 0) is 6.54 Å². The molecule has 3 heterocycles. The van der Waals surface area contributed by atoms with Gasteiger partial charge in [-0.1, -0.05) is 12.1 Å². The lowest BCUT2D eigenvalue weighted by Crippen LogP contribution is -2.24. The van der Waals surface area contributed by atoms with Crippen molar-refractivity contribution in [1.82, 2.24) is 14.7 Å². The molecule has 6 heteroatoms. The molecule has 1 N–H and O–H groups in total. The topological polar surface area (TPSA) is 76.6 Å². The molecule has 0 saturated carbocycles. The third-order valence-electron chi connectivity index (χ3n) is 3.95. The van der Waals surface area contributed by atoms with Crippen LogP contribution in [0.5, 0.6) is 0 Å². The second-order valence-electron chi connectivity index (χ2n) is 5.86. The van der Waals surface area contributed by atoms with Crippen LogP contribution in [0.25, 0.3) is 16.6 Å². The number of aromatic nitrogens is 2. The van der Waals surface area contributed by atoms with E-state index in [0.29, 0.717) is 11.0 Å². The molecule has 0 spiro atoms. The van der Waals surface area contributed by atoms with Gasteiger partial charge in [0.05, 0.1) is 17.6 Å². The normalized spacial score (nSPS) is 11.1. The van der Waals surface area contributed by atoms with Gasteiger partial charge in [-0.25, -0.2) is 4.98 Å².